The molecule has 0 atom stereocenters. The van der Waals surface area contributed by atoms with Gasteiger partial charge in [0.1, 0.15) is 10.8 Å². The monoisotopic (exact) mass is 357 g/mol. The SMILES string of the molecule is Nc1ccc2nc(-c3ccc(-c4nc5ccc(N)cc5s4)cc3)[nH]c2c1. The molecule has 6 heteroatoms. The summed E-state index contributed by atoms with van der Waals surface area (Å²) in [5.74, 6) is 0.828. The third-order valence-electron chi connectivity index (χ3n) is 4.32. The van der Waals surface area contributed by atoms with Gasteiger partial charge in [-0.1, -0.05) is 24.3 Å². The van der Waals surface area contributed by atoms with E-state index in [1.807, 2.05) is 36.4 Å². The molecule has 5 rings (SSSR count). The number of nitrogens with two attached hydrogens (primary N) is 2. The summed E-state index contributed by atoms with van der Waals surface area (Å²) in [6.45, 7) is 0. The number of thiazole rings is 1. The van der Waals surface area contributed by atoms with Crippen LogP contribution in [0.3, 0.4) is 0 Å². The molecule has 0 radical (unpaired) electrons. The summed E-state index contributed by atoms with van der Waals surface area (Å²) in [5, 5.41) is 0.981. The lowest BCUT2D eigenvalue weighted by molar-refractivity contribution is 1.33. The van der Waals surface area contributed by atoms with Crippen LogP contribution < -0.4 is 11.5 Å². The molecule has 5 nitrogen and oxygen atoms in total. The highest BCUT2D eigenvalue weighted by Gasteiger charge is 2.09. The molecule has 0 unspecified atom stereocenters. The maximum absolute atomic E-state index is 5.86. The van der Waals surface area contributed by atoms with Gasteiger partial charge in [0.15, 0.2) is 0 Å². The van der Waals surface area contributed by atoms with Crippen molar-refractivity contribution in [3.8, 4) is 22.0 Å². The number of nitrogen functional groups attached to an aromatic ring is 2. The summed E-state index contributed by atoms with van der Waals surface area (Å²) in [6.07, 6.45) is 0. The Labute approximate surface area is 153 Å². The number of rotatable bonds is 2. The number of anilines is 2. The number of hydrogen-bond acceptors (Lipinski definition) is 5. The first-order chi connectivity index (χ1) is 12.7. The second kappa shape index (κ2) is 5.57. The fraction of sp³-hybridized carbons (Fsp3) is 0. The van der Waals surface area contributed by atoms with E-state index in [2.05, 4.69) is 34.2 Å². The normalized spacial score (nSPS) is 11.4. The van der Waals surface area contributed by atoms with Crippen LogP contribution in [0.4, 0.5) is 11.4 Å². The van der Waals surface area contributed by atoms with Crippen LogP contribution in [0, 0.1) is 0 Å². The number of nitrogens with zero attached hydrogens (tertiary/aromatic N) is 2. The summed E-state index contributed by atoms with van der Waals surface area (Å²) >= 11 is 1.64. The fourth-order valence-electron chi connectivity index (χ4n) is 3.00. The van der Waals surface area contributed by atoms with E-state index in [1.54, 1.807) is 11.3 Å². The molecular weight excluding hydrogens is 342 g/mol. The number of fused-ring (bicyclic) bond motifs is 2. The van der Waals surface area contributed by atoms with Crippen LogP contribution in [0.2, 0.25) is 0 Å². The van der Waals surface area contributed by atoms with Crippen LogP contribution in [-0.2, 0) is 0 Å². The van der Waals surface area contributed by atoms with Crippen LogP contribution in [0.1, 0.15) is 0 Å². The Morgan fingerprint density at radius 1 is 0.731 bits per heavy atom. The van der Waals surface area contributed by atoms with Gasteiger partial charge in [0, 0.05) is 22.5 Å². The number of hydrogen-bond donors (Lipinski definition) is 3. The van der Waals surface area contributed by atoms with Crippen molar-refractivity contribution in [2.45, 2.75) is 0 Å². The first-order valence-corrected chi connectivity index (χ1v) is 8.99. The quantitative estimate of drug-likeness (QED) is 0.400. The molecule has 0 saturated heterocycles. The van der Waals surface area contributed by atoms with Crippen molar-refractivity contribution in [1.82, 2.24) is 15.0 Å². The number of aromatic nitrogens is 3. The van der Waals surface area contributed by atoms with Crippen molar-refractivity contribution in [2.75, 3.05) is 11.5 Å². The van der Waals surface area contributed by atoms with Gasteiger partial charge in [0.2, 0.25) is 0 Å². The van der Waals surface area contributed by atoms with Crippen molar-refractivity contribution in [3.05, 3.63) is 60.7 Å². The molecule has 3 aromatic carbocycles. The van der Waals surface area contributed by atoms with E-state index in [4.69, 9.17) is 16.5 Å². The zero-order valence-corrected chi connectivity index (χ0v) is 14.5. The van der Waals surface area contributed by atoms with Crippen LogP contribution in [0.25, 0.3) is 43.2 Å². The molecule has 0 spiro atoms. The molecule has 0 bridgehead atoms. The van der Waals surface area contributed by atoms with E-state index in [-0.39, 0.29) is 0 Å². The maximum Gasteiger partial charge on any atom is 0.138 e. The van der Waals surface area contributed by atoms with Crippen molar-refractivity contribution in [2.24, 2.45) is 0 Å². The zero-order valence-electron chi connectivity index (χ0n) is 13.7. The first-order valence-electron chi connectivity index (χ1n) is 8.18. The second-order valence-electron chi connectivity index (χ2n) is 6.19. The average Bonchev–Trinajstić information content (AvgIpc) is 3.25. The van der Waals surface area contributed by atoms with Crippen molar-refractivity contribution < 1.29 is 0 Å². The number of benzene rings is 3. The Morgan fingerprint density at radius 3 is 2.23 bits per heavy atom. The van der Waals surface area contributed by atoms with Gasteiger partial charge >= 0.3 is 0 Å². The van der Waals surface area contributed by atoms with Gasteiger partial charge in [-0.25, -0.2) is 9.97 Å². The molecule has 2 heterocycles. The molecule has 0 aliphatic carbocycles. The number of aromatic amines is 1. The van der Waals surface area contributed by atoms with Gasteiger partial charge in [-0.2, -0.15) is 0 Å². The predicted molar refractivity (Wildman–Crippen MR) is 109 cm³/mol. The molecule has 0 saturated carbocycles. The average molecular weight is 357 g/mol. The van der Waals surface area contributed by atoms with Gasteiger partial charge in [-0.3, -0.25) is 0 Å². The van der Waals surface area contributed by atoms with E-state index >= 15 is 0 Å². The van der Waals surface area contributed by atoms with Crippen LogP contribution in [0.5, 0.6) is 0 Å². The molecule has 126 valence electrons. The minimum absolute atomic E-state index is 0.722. The Balaban J connectivity index is 1.52. The third-order valence-corrected chi connectivity index (χ3v) is 5.39. The number of H-pyrrole nitrogens is 1. The topological polar surface area (TPSA) is 93.6 Å². The van der Waals surface area contributed by atoms with E-state index < -0.39 is 0 Å². The largest absolute Gasteiger partial charge is 0.399 e. The van der Waals surface area contributed by atoms with Gasteiger partial charge in [-0.05, 0) is 36.4 Å². The minimum atomic E-state index is 0.722. The zero-order chi connectivity index (χ0) is 17.7. The smallest absolute Gasteiger partial charge is 0.138 e. The Morgan fingerprint density at radius 2 is 1.42 bits per heavy atom. The van der Waals surface area contributed by atoms with Crippen LogP contribution in [0.15, 0.2) is 60.7 Å². The van der Waals surface area contributed by atoms with Crippen molar-refractivity contribution in [1.29, 1.82) is 0 Å². The summed E-state index contributed by atoms with van der Waals surface area (Å²) < 4.78 is 1.10. The number of imidazole rings is 1. The van der Waals surface area contributed by atoms with E-state index in [0.29, 0.717) is 0 Å². The Hall–Kier alpha value is -3.38. The number of nitrogens with one attached hydrogen (secondary N) is 1. The summed E-state index contributed by atoms with van der Waals surface area (Å²) in [5.41, 5.74) is 18.1. The molecule has 0 fully saturated rings. The third kappa shape index (κ3) is 2.48. The highest BCUT2D eigenvalue weighted by molar-refractivity contribution is 7.21. The molecule has 2 aromatic heterocycles. The lowest BCUT2D eigenvalue weighted by atomic mass is 10.1. The van der Waals surface area contributed by atoms with E-state index in [1.165, 1.54) is 0 Å². The lowest BCUT2D eigenvalue weighted by Gasteiger charge is -1.99. The maximum atomic E-state index is 5.86. The fourth-order valence-corrected chi connectivity index (χ4v) is 4.02. The standard InChI is InChI=1S/C20H15N5S/c21-13-5-7-15-17(9-13)24-19(23-15)11-1-3-12(4-2-11)20-25-16-8-6-14(22)10-18(16)26-20/h1-10H,21-22H2,(H,23,24). The van der Waals surface area contributed by atoms with Gasteiger partial charge in [0.25, 0.3) is 0 Å². The van der Waals surface area contributed by atoms with E-state index in [9.17, 15) is 0 Å². The minimum Gasteiger partial charge on any atom is -0.399 e. The molecule has 5 aromatic rings. The molecular formula is C20H15N5S. The van der Waals surface area contributed by atoms with Crippen LogP contribution >= 0.6 is 11.3 Å². The molecule has 0 aliphatic rings. The van der Waals surface area contributed by atoms with E-state index in [0.717, 1.165) is 54.6 Å². The second-order valence-corrected chi connectivity index (χ2v) is 7.22. The summed E-state index contributed by atoms with van der Waals surface area (Å²) in [7, 11) is 0. The summed E-state index contributed by atoms with van der Waals surface area (Å²) in [6, 6.07) is 19.7. The predicted octanol–water partition coefficient (Wildman–Crippen LogP) is 4.67. The highest BCUT2D eigenvalue weighted by atomic mass is 32.1. The lowest BCUT2D eigenvalue weighted by Crippen LogP contribution is -1.82. The Bertz CT molecular complexity index is 1150. The molecule has 0 aliphatic heterocycles. The van der Waals surface area contributed by atoms with Gasteiger partial charge < -0.3 is 16.5 Å². The molecule has 5 N–H and O–H groups in total. The van der Waals surface area contributed by atoms with Crippen LogP contribution in [-0.4, -0.2) is 15.0 Å². The Kier molecular flexibility index (Phi) is 3.20. The van der Waals surface area contributed by atoms with Crippen molar-refractivity contribution in [3.63, 3.8) is 0 Å². The molecule has 26 heavy (non-hydrogen) atoms. The molecule has 0 amide bonds. The van der Waals surface area contributed by atoms with Crippen molar-refractivity contribution >= 4 is 44.0 Å². The first kappa shape index (κ1) is 14.9. The van der Waals surface area contributed by atoms with Gasteiger partial charge in [0.05, 0.1) is 21.3 Å². The summed E-state index contributed by atoms with van der Waals surface area (Å²) in [4.78, 5) is 12.7. The van der Waals surface area contributed by atoms with Gasteiger partial charge in [-0.15, -0.1) is 11.3 Å². The highest BCUT2D eigenvalue weighted by Crippen LogP contribution is 2.32.